The number of likely N-dealkylation sites (tertiary alicyclic amines) is 1. The monoisotopic (exact) mass is 230 g/mol. The smallest absolute Gasteiger partial charge is 0.0578 e. The van der Waals surface area contributed by atoms with Gasteiger partial charge in [0.15, 0.2) is 0 Å². The Hall–Kier alpha value is -0.160. The zero-order valence-electron chi connectivity index (χ0n) is 10.5. The molecule has 16 heavy (non-hydrogen) atoms. The second-order valence-electron chi connectivity index (χ2n) is 4.71. The molecule has 0 bridgehead atoms. The summed E-state index contributed by atoms with van der Waals surface area (Å²) in [5.74, 6) is 0.342. The lowest BCUT2D eigenvalue weighted by Crippen LogP contribution is -2.52. The number of nitrogens with zero attached hydrogens (tertiary/aromatic N) is 1. The molecule has 96 valence electrons. The third kappa shape index (κ3) is 4.01. The predicted molar refractivity (Wildman–Crippen MR) is 65.4 cm³/mol. The molecule has 0 saturated carbocycles. The van der Waals surface area contributed by atoms with Crippen LogP contribution in [-0.2, 0) is 0 Å². The van der Waals surface area contributed by atoms with Gasteiger partial charge in [0.2, 0.25) is 0 Å². The molecule has 4 heteroatoms. The summed E-state index contributed by atoms with van der Waals surface area (Å²) < 4.78 is 0. The molecule has 1 heterocycles. The van der Waals surface area contributed by atoms with E-state index >= 15 is 0 Å². The zero-order valence-corrected chi connectivity index (χ0v) is 10.5. The standard InChI is InChI=1S/C12H26N2O2/c1-3-12(16)10-7-11(13-4-2)9-14(8-10)5-6-15/h10-13,15-16H,3-9H2,1-2H3. The van der Waals surface area contributed by atoms with Gasteiger partial charge in [-0.15, -0.1) is 0 Å². The number of nitrogens with one attached hydrogen (secondary N) is 1. The molecule has 1 rings (SSSR count). The van der Waals surface area contributed by atoms with E-state index in [0.717, 1.165) is 39.0 Å². The molecule has 0 aromatic carbocycles. The minimum Gasteiger partial charge on any atom is -0.395 e. The van der Waals surface area contributed by atoms with Gasteiger partial charge in [-0.25, -0.2) is 0 Å². The molecular formula is C12H26N2O2. The van der Waals surface area contributed by atoms with Gasteiger partial charge in [0.1, 0.15) is 0 Å². The fourth-order valence-electron chi connectivity index (χ4n) is 2.61. The van der Waals surface area contributed by atoms with E-state index in [1.165, 1.54) is 0 Å². The molecule has 3 unspecified atom stereocenters. The second-order valence-corrected chi connectivity index (χ2v) is 4.71. The number of hydrogen-bond donors (Lipinski definition) is 3. The molecule has 1 aliphatic rings. The summed E-state index contributed by atoms with van der Waals surface area (Å²) in [5, 5.41) is 22.4. The summed E-state index contributed by atoms with van der Waals surface area (Å²) >= 11 is 0. The Morgan fingerprint density at radius 1 is 1.38 bits per heavy atom. The summed E-state index contributed by atoms with van der Waals surface area (Å²) in [7, 11) is 0. The summed E-state index contributed by atoms with van der Waals surface area (Å²) in [5.41, 5.74) is 0. The SMILES string of the molecule is CCNC1CC(C(O)CC)CN(CCO)C1. The Bertz CT molecular complexity index is 176. The molecule has 0 aromatic rings. The molecule has 0 spiro atoms. The highest BCUT2D eigenvalue weighted by Crippen LogP contribution is 2.21. The predicted octanol–water partition coefficient (Wildman–Crippen LogP) is 0.0496. The van der Waals surface area contributed by atoms with Crippen LogP contribution in [0.5, 0.6) is 0 Å². The van der Waals surface area contributed by atoms with Crippen LogP contribution in [0.1, 0.15) is 26.7 Å². The summed E-state index contributed by atoms with van der Waals surface area (Å²) in [6.07, 6.45) is 1.66. The van der Waals surface area contributed by atoms with E-state index in [-0.39, 0.29) is 12.7 Å². The van der Waals surface area contributed by atoms with Crippen molar-refractivity contribution in [2.75, 3.05) is 32.8 Å². The molecule has 3 atom stereocenters. The van der Waals surface area contributed by atoms with E-state index in [9.17, 15) is 5.11 Å². The Balaban J connectivity index is 2.51. The minimum atomic E-state index is -0.206. The van der Waals surface area contributed by atoms with E-state index in [2.05, 4.69) is 17.1 Å². The minimum absolute atomic E-state index is 0.202. The summed E-state index contributed by atoms with van der Waals surface area (Å²) in [4.78, 5) is 2.25. The number of hydrogen-bond acceptors (Lipinski definition) is 4. The molecule has 0 aromatic heterocycles. The van der Waals surface area contributed by atoms with E-state index < -0.39 is 0 Å². The van der Waals surface area contributed by atoms with Crippen molar-refractivity contribution in [1.82, 2.24) is 10.2 Å². The van der Waals surface area contributed by atoms with Crippen LogP contribution in [0.25, 0.3) is 0 Å². The van der Waals surface area contributed by atoms with Crippen molar-refractivity contribution in [2.24, 2.45) is 5.92 Å². The van der Waals surface area contributed by atoms with Crippen LogP contribution in [0.15, 0.2) is 0 Å². The zero-order chi connectivity index (χ0) is 12.0. The van der Waals surface area contributed by atoms with Crippen LogP contribution >= 0.6 is 0 Å². The molecule has 0 radical (unpaired) electrons. The van der Waals surface area contributed by atoms with Crippen LogP contribution in [0.3, 0.4) is 0 Å². The number of β-amino-alcohol motifs (C(OH)–C–C–N with tert-alkyl or cyclic N) is 1. The lowest BCUT2D eigenvalue weighted by molar-refractivity contribution is 0.0303. The van der Waals surface area contributed by atoms with E-state index in [1.807, 2.05) is 6.92 Å². The molecular weight excluding hydrogens is 204 g/mol. The maximum atomic E-state index is 9.94. The largest absolute Gasteiger partial charge is 0.395 e. The molecule has 1 saturated heterocycles. The Labute approximate surface area is 98.6 Å². The van der Waals surface area contributed by atoms with E-state index in [4.69, 9.17) is 5.11 Å². The summed E-state index contributed by atoms with van der Waals surface area (Å²) in [6.45, 7) is 7.92. The highest BCUT2D eigenvalue weighted by molar-refractivity contribution is 4.86. The third-order valence-electron chi connectivity index (χ3n) is 3.43. The number of rotatable bonds is 6. The van der Waals surface area contributed by atoms with E-state index in [1.54, 1.807) is 0 Å². The maximum absolute atomic E-state index is 9.94. The fourth-order valence-corrected chi connectivity index (χ4v) is 2.61. The number of aliphatic hydroxyl groups excluding tert-OH is 2. The van der Waals surface area contributed by atoms with E-state index in [0.29, 0.717) is 12.0 Å². The highest BCUT2D eigenvalue weighted by atomic mass is 16.3. The maximum Gasteiger partial charge on any atom is 0.0578 e. The summed E-state index contributed by atoms with van der Waals surface area (Å²) in [6, 6.07) is 0.455. The van der Waals surface area contributed by atoms with Crippen LogP contribution < -0.4 is 5.32 Å². The van der Waals surface area contributed by atoms with Gasteiger partial charge in [-0.2, -0.15) is 0 Å². The molecule has 1 aliphatic heterocycles. The first-order valence-corrected chi connectivity index (χ1v) is 6.45. The first-order valence-electron chi connectivity index (χ1n) is 6.45. The van der Waals surface area contributed by atoms with Crippen LogP contribution in [-0.4, -0.2) is 60.0 Å². The van der Waals surface area contributed by atoms with Crippen LogP contribution in [0, 0.1) is 5.92 Å². The van der Waals surface area contributed by atoms with Gasteiger partial charge in [0, 0.05) is 25.7 Å². The fraction of sp³-hybridized carbons (Fsp3) is 1.00. The lowest BCUT2D eigenvalue weighted by atomic mass is 9.88. The van der Waals surface area contributed by atoms with Crippen LogP contribution in [0.4, 0.5) is 0 Å². The molecule has 0 amide bonds. The van der Waals surface area contributed by atoms with Crippen molar-refractivity contribution in [1.29, 1.82) is 0 Å². The van der Waals surface area contributed by atoms with Gasteiger partial charge in [-0.3, -0.25) is 4.90 Å². The van der Waals surface area contributed by atoms with Gasteiger partial charge in [-0.05, 0) is 25.3 Å². The topological polar surface area (TPSA) is 55.7 Å². The van der Waals surface area contributed by atoms with Gasteiger partial charge in [0.05, 0.1) is 12.7 Å². The second kappa shape index (κ2) is 7.22. The van der Waals surface area contributed by atoms with Gasteiger partial charge >= 0.3 is 0 Å². The van der Waals surface area contributed by atoms with Gasteiger partial charge in [-0.1, -0.05) is 13.8 Å². The van der Waals surface area contributed by atoms with Gasteiger partial charge in [0.25, 0.3) is 0 Å². The first-order chi connectivity index (χ1) is 7.71. The molecule has 1 fully saturated rings. The Kier molecular flexibility index (Phi) is 6.28. The molecule has 3 N–H and O–H groups in total. The Morgan fingerprint density at radius 2 is 2.12 bits per heavy atom. The number of aliphatic hydroxyl groups is 2. The van der Waals surface area contributed by atoms with Crippen molar-refractivity contribution in [3.05, 3.63) is 0 Å². The normalized spacial score (nSPS) is 29.2. The average Bonchev–Trinajstić information content (AvgIpc) is 2.28. The number of piperidine rings is 1. The molecule has 0 aliphatic carbocycles. The van der Waals surface area contributed by atoms with Crippen molar-refractivity contribution in [3.8, 4) is 0 Å². The van der Waals surface area contributed by atoms with Crippen molar-refractivity contribution < 1.29 is 10.2 Å². The third-order valence-corrected chi connectivity index (χ3v) is 3.43. The highest BCUT2D eigenvalue weighted by Gasteiger charge is 2.29. The van der Waals surface area contributed by atoms with Crippen molar-refractivity contribution in [2.45, 2.75) is 38.8 Å². The van der Waals surface area contributed by atoms with Crippen molar-refractivity contribution >= 4 is 0 Å². The van der Waals surface area contributed by atoms with Gasteiger partial charge < -0.3 is 15.5 Å². The number of likely N-dealkylation sites (N-methyl/N-ethyl adjacent to an activating group) is 1. The lowest BCUT2D eigenvalue weighted by Gasteiger charge is -2.39. The van der Waals surface area contributed by atoms with Crippen molar-refractivity contribution in [3.63, 3.8) is 0 Å². The Morgan fingerprint density at radius 3 is 2.69 bits per heavy atom. The first kappa shape index (κ1) is 13.9. The van der Waals surface area contributed by atoms with Crippen LogP contribution in [0.2, 0.25) is 0 Å². The quantitative estimate of drug-likeness (QED) is 0.603. The average molecular weight is 230 g/mol. The molecule has 4 nitrogen and oxygen atoms in total.